The van der Waals surface area contributed by atoms with Gasteiger partial charge in [0.25, 0.3) is 5.56 Å². The van der Waals surface area contributed by atoms with Crippen molar-refractivity contribution in [3.05, 3.63) is 45.3 Å². The topological polar surface area (TPSA) is 112 Å². The molecule has 0 saturated carbocycles. The largest absolute Gasteiger partial charge is 0.443 e. The standard InChI is InChI=1S/C19H26ClN3O5S/c1-12(21)15-11-13-7-6-8-14(20)16(13)17(24)22(15)9-10-23(29(5,26)27)18(25)28-19(2,3)4/h6-8,11-12H,9-10,21H2,1-5H3. The summed E-state index contributed by atoms with van der Waals surface area (Å²) in [6.07, 6.45) is -0.0992. The molecule has 0 aliphatic carbocycles. The van der Waals surface area contributed by atoms with Gasteiger partial charge < -0.3 is 15.0 Å². The zero-order valence-corrected chi connectivity index (χ0v) is 18.7. The first-order valence-electron chi connectivity index (χ1n) is 9.00. The first-order chi connectivity index (χ1) is 13.2. The fourth-order valence-electron chi connectivity index (χ4n) is 2.88. The van der Waals surface area contributed by atoms with E-state index >= 15 is 0 Å². The predicted molar refractivity (Wildman–Crippen MR) is 114 cm³/mol. The van der Waals surface area contributed by atoms with Gasteiger partial charge in [0.05, 0.1) is 23.2 Å². The maximum atomic E-state index is 13.1. The van der Waals surface area contributed by atoms with E-state index in [1.54, 1.807) is 52.0 Å². The van der Waals surface area contributed by atoms with Gasteiger partial charge in [0.2, 0.25) is 10.0 Å². The summed E-state index contributed by atoms with van der Waals surface area (Å²) in [5.41, 5.74) is 5.26. The molecule has 2 N–H and O–H groups in total. The molecule has 1 heterocycles. The first kappa shape index (κ1) is 23.2. The molecule has 0 saturated heterocycles. The van der Waals surface area contributed by atoms with Crippen molar-refractivity contribution in [2.24, 2.45) is 5.73 Å². The molecule has 1 aromatic heterocycles. The minimum atomic E-state index is -3.92. The van der Waals surface area contributed by atoms with Gasteiger partial charge in [0, 0.05) is 18.3 Å². The average molecular weight is 444 g/mol. The Morgan fingerprint density at radius 2 is 1.97 bits per heavy atom. The molecule has 1 aromatic carbocycles. The zero-order valence-electron chi connectivity index (χ0n) is 17.1. The highest BCUT2D eigenvalue weighted by molar-refractivity contribution is 7.88. The number of pyridine rings is 1. The Kier molecular flexibility index (Phi) is 6.66. The molecule has 2 rings (SSSR count). The number of hydrogen-bond donors (Lipinski definition) is 1. The lowest BCUT2D eigenvalue weighted by Gasteiger charge is -2.26. The van der Waals surface area contributed by atoms with Crippen molar-refractivity contribution in [3.63, 3.8) is 0 Å². The molecule has 0 aliphatic rings. The van der Waals surface area contributed by atoms with Gasteiger partial charge in [-0.15, -0.1) is 0 Å². The number of nitrogens with zero attached hydrogens (tertiary/aromatic N) is 2. The lowest BCUT2D eigenvalue weighted by molar-refractivity contribution is 0.0388. The van der Waals surface area contributed by atoms with Gasteiger partial charge in [-0.1, -0.05) is 23.7 Å². The van der Waals surface area contributed by atoms with Crippen LogP contribution >= 0.6 is 11.6 Å². The monoisotopic (exact) mass is 443 g/mol. The second kappa shape index (κ2) is 8.33. The number of aromatic nitrogens is 1. The fourth-order valence-corrected chi connectivity index (χ4v) is 3.86. The number of nitrogens with two attached hydrogens (primary N) is 1. The molecule has 29 heavy (non-hydrogen) atoms. The van der Waals surface area contributed by atoms with Crippen LogP contribution in [0.5, 0.6) is 0 Å². The van der Waals surface area contributed by atoms with Crippen molar-refractivity contribution in [2.45, 2.75) is 45.9 Å². The minimum Gasteiger partial charge on any atom is -0.443 e. The molecule has 1 unspecified atom stereocenters. The third-order valence-electron chi connectivity index (χ3n) is 4.11. The van der Waals surface area contributed by atoms with Crippen molar-refractivity contribution in [1.82, 2.24) is 8.87 Å². The van der Waals surface area contributed by atoms with Crippen LogP contribution in [-0.4, -0.2) is 41.8 Å². The number of benzene rings is 1. The van der Waals surface area contributed by atoms with Crippen LogP contribution in [0.4, 0.5) is 4.79 Å². The minimum absolute atomic E-state index is 0.0941. The van der Waals surface area contributed by atoms with Crippen LogP contribution in [0, 0.1) is 0 Å². The number of sulfonamides is 1. The number of carbonyl (C=O) groups is 1. The van der Waals surface area contributed by atoms with Crippen molar-refractivity contribution < 1.29 is 17.9 Å². The van der Waals surface area contributed by atoms with Crippen molar-refractivity contribution in [1.29, 1.82) is 0 Å². The highest BCUT2D eigenvalue weighted by Crippen LogP contribution is 2.23. The summed E-state index contributed by atoms with van der Waals surface area (Å²) in [5, 5.41) is 1.23. The summed E-state index contributed by atoms with van der Waals surface area (Å²) < 4.78 is 31.4. The lowest BCUT2D eigenvalue weighted by Crippen LogP contribution is -2.43. The summed E-state index contributed by atoms with van der Waals surface area (Å²) in [5.74, 6) is 0. The van der Waals surface area contributed by atoms with E-state index in [0.717, 1.165) is 6.26 Å². The Labute approximate surface area is 175 Å². The van der Waals surface area contributed by atoms with E-state index in [-0.39, 0.29) is 18.1 Å². The number of ether oxygens (including phenoxy) is 1. The van der Waals surface area contributed by atoms with Crippen LogP contribution in [0.1, 0.15) is 39.4 Å². The second-order valence-corrected chi connectivity index (χ2v) is 10.1. The van der Waals surface area contributed by atoms with Crippen LogP contribution < -0.4 is 11.3 Å². The lowest BCUT2D eigenvalue weighted by atomic mass is 10.1. The molecular formula is C19H26ClN3O5S. The Morgan fingerprint density at radius 1 is 1.34 bits per heavy atom. The van der Waals surface area contributed by atoms with Crippen LogP contribution in [0.15, 0.2) is 29.1 Å². The summed E-state index contributed by atoms with van der Waals surface area (Å²) in [6, 6.07) is 6.32. The van der Waals surface area contributed by atoms with E-state index in [4.69, 9.17) is 22.1 Å². The van der Waals surface area contributed by atoms with Gasteiger partial charge >= 0.3 is 6.09 Å². The van der Waals surface area contributed by atoms with Gasteiger partial charge in [-0.3, -0.25) is 4.79 Å². The maximum Gasteiger partial charge on any atom is 0.424 e. The molecule has 2 aromatic rings. The predicted octanol–water partition coefficient (Wildman–Crippen LogP) is 2.87. The summed E-state index contributed by atoms with van der Waals surface area (Å²) in [6.45, 7) is 6.23. The Hall–Kier alpha value is -2.10. The molecule has 0 spiro atoms. The smallest absolute Gasteiger partial charge is 0.424 e. The SMILES string of the molecule is CC(N)c1cc2cccc(Cl)c2c(=O)n1CCN(C(=O)OC(C)(C)C)S(C)(=O)=O. The van der Waals surface area contributed by atoms with Gasteiger partial charge in [-0.25, -0.2) is 17.5 Å². The molecule has 160 valence electrons. The normalized spacial score (nSPS) is 13.3. The third-order valence-corrected chi connectivity index (χ3v) is 5.56. The number of fused-ring (bicyclic) bond motifs is 1. The van der Waals surface area contributed by atoms with E-state index < -0.39 is 33.3 Å². The van der Waals surface area contributed by atoms with Gasteiger partial charge in [-0.05, 0) is 45.2 Å². The molecule has 1 atom stereocenters. The quantitative estimate of drug-likeness (QED) is 0.760. The van der Waals surface area contributed by atoms with E-state index in [2.05, 4.69) is 0 Å². The summed E-state index contributed by atoms with van der Waals surface area (Å²) in [7, 11) is -3.92. The Balaban J connectivity index is 2.50. The molecule has 0 bridgehead atoms. The maximum absolute atomic E-state index is 13.1. The Morgan fingerprint density at radius 3 is 2.48 bits per heavy atom. The molecule has 0 radical (unpaired) electrons. The third kappa shape index (κ3) is 5.49. The van der Waals surface area contributed by atoms with Crippen LogP contribution in [-0.2, 0) is 21.3 Å². The number of halogens is 1. The second-order valence-electron chi connectivity index (χ2n) is 7.83. The van der Waals surface area contributed by atoms with E-state index in [1.165, 1.54) is 4.57 Å². The molecule has 0 fully saturated rings. The van der Waals surface area contributed by atoms with E-state index in [9.17, 15) is 18.0 Å². The van der Waals surface area contributed by atoms with Crippen LogP contribution in [0.3, 0.4) is 0 Å². The molecule has 0 aliphatic heterocycles. The molecule has 1 amide bonds. The van der Waals surface area contributed by atoms with Crippen molar-refractivity contribution in [3.8, 4) is 0 Å². The van der Waals surface area contributed by atoms with Crippen molar-refractivity contribution in [2.75, 3.05) is 12.8 Å². The summed E-state index contributed by atoms with van der Waals surface area (Å²) in [4.78, 5) is 25.5. The van der Waals surface area contributed by atoms with Crippen molar-refractivity contribution >= 4 is 38.5 Å². The number of rotatable bonds is 5. The number of carbonyl (C=O) groups excluding carboxylic acids is 1. The first-order valence-corrected chi connectivity index (χ1v) is 11.2. The number of hydrogen-bond acceptors (Lipinski definition) is 6. The van der Waals surface area contributed by atoms with Crippen LogP contribution in [0.25, 0.3) is 10.8 Å². The molecule has 10 heteroatoms. The number of amides is 1. The molecular weight excluding hydrogens is 418 g/mol. The highest BCUT2D eigenvalue weighted by Gasteiger charge is 2.29. The van der Waals surface area contributed by atoms with Gasteiger partial charge in [-0.2, -0.15) is 0 Å². The average Bonchev–Trinajstić information content (AvgIpc) is 2.53. The van der Waals surface area contributed by atoms with Crippen LogP contribution in [0.2, 0.25) is 5.02 Å². The summed E-state index contributed by atoms with van der Waals surface area (Å²) >= 11 is 6.20. The Bertz CT molecular complexity index is 1090. The van der Waals surface area contributed by atoms with Gasteiger partial charge in [0.15, 0.2) is 0 Å². The fraction of sp³-hybridized carbons (Fsp3) is 0.474. The van der Waals surface area contributed by atoms with E-state index in [0.29, 0.717) is 20.8 Å². The zero-order chi connectivity index (χ0) is 22.1. The molecule has 8 nitrogen and oxygen atoms in total. The van der Waals surface area contributed by atoms with E-state index in [1.807, 2.05) is 0 Å². The highest BCUT2D eigenvalue weighted by atomic mass is 35.5. The van der Waals surface area contributed by atoms with Gasteiger partial charge in [0.1, 0.15) is 5.60 Å².